The molecule has 4 N–H and O–H groups in total. The van der Waals surface area contributed by atoms with E-state index >= 15 is 0 Å². The van der Waals surface area contributed by atoms with Crippen LogP contribution >= 0.6 is 0 Å². The summed E-state index contributed by atoms with van der Waals surface area (Å²) in [6, 6.07) is 0. The van der Waals surface area contributed by atoms with Crippen LogP contribution < -0.4 is 5.73 Å². The average molecular weight is 554 g/mol. The van der Waals surface area contributed by atoms with Crippen molar-refractivity contribution in [1.82, 2.24) is 0 Å². The summed E-state index contributed by atoms with van der Waals surface area (Å²) in [5.41, 5.74) is 5.82. The zero-order chi connectivity index (χ0) is 30.0. The average Bonchev–Trinajstić information content (AvgIpc) is 2.90. The highest BCUT2D eigenvalue weighted by Crippen LogP contribution is 2.23. The van der Waals surface area contributed by atoms with E-state index in [2.05, 4.69) is 9.47 Å². The van der Waals surface area contributed by atoms with E-state index in [1.807, 2.05) is 6.08 Å². The number of methoxy groups -OCH3 is 3. The molecule has 0 aromatic rings. The van der Waals surface area contributed by atoms with E-state index in [9.17, 15) is 29.4 Å². The highest BCUT2D eigenvalue weighted by Gasteiger charge is 2.26. The van der Waals surface area contributed by atoms with E-state index in [0.29, 0.717) is 31.3 Å². The molecule has 0 rings (SSSR count). The summed E-state index contributed by atoms with van der Waals surface area (Å²) >= 11 is 0. The smallest absolute Gasteiger partial charge is 0.330 e. The van der Waals surface area contributed by atoms with Crippen LogP contribution in [0.1, 0.15) is 65.7 Å². The van der Waals surface area contributed by atoms with E-state index in [1.165, 1.54) is 27.4 Å². The molecule has 222 valence electrons. The molecule has 39 heavy (non-hydrogen) atoms. The van der Waals surface area contributed by atoms with Crippen molar-refractivity contribution >= 4 is 23.6 Å². The van der Waals surface area contributed by atoms with Crippen LogP contribution in [-0.4, -0.2) is 73.5 Å². The lowest BCUT2D eigenvalue weighted by atomic mass is 9.87. The number of esters is 2. The van der Waals surface area contributed by atoms with Crippen molar-refractivity contribution in [2.75, 3.05) is 21.3 Å². The van der Waals surface area contributed by atoms with Crippen LogP contribution in [0.5, 0.6) is 0 Å². The third kappa shape index (κ3) is 15.4. The largest absolute Gasteiger partial charge is 0.469 e. The fourth-order valence-corrected chi connectivity index (χ4v) is 4.16. The number of carbonyl (C=O) groups excluding carboxylic acids is 4. The van der Waals surface area contributed by atoms with Crippen LogP contribution in [0, 0.1) is 17.8 Å². The van der Waals surface area contributed by atoms with Crippen LogP contribution in [0.4, 0.5) is 0 Å². The summed E-state index contributed by atoms with van der Waals surface area (Å²) in [7, 11) is 4.08. The van der Waals surface area contributed by atoms with Gasteiger partial charge in [-0.2, -0.15) is 0 Å². The maximum atomic E-state index is 12.7. The highest BCUT2D eigenvalue weighted by molar-refractivity contribution is 5.82. The Morgan fingerprint density at radius 2 is 1.59 bits per heavy atom. The van der Waals surface area contributed by atoms with Crippen molar-refractivity contribution < 1.29 is 43.6 Å². The van der Waals surface area contributed by atoms with Crippen molar-refractivity contribution in [3.05, 3.63) is 36.0 Å². The SMILES string of the molecule is COC(=O)/C=C/CC/C=C/[C@H](OC)[C@H](O)[C@H](C)/C=C(/C)[C@H](O)[C@H](C)C(=O)CCC[C@@H](CC(N)=O)CC(=O)OC. The Balaban J connectivity index is 4.93. The number of hydrogen-bond donors (Lipinski definition) is 3. The molecular formula is C29H47NO9. The van der Waals surface area contributed by atoms with Crippen LogP contribution in [0.2, 0.25) is 0 Å². The molecule has 0 spiro atoms. The first kappa shape index (κ1) is 36.2. The van der Waals surface area contributed by atoms with Crippen molar-refractivity contribution in [3.63, 3.8) is 0 Å². The van der Waals surface area contributed by atoms with E-state index in [4.69, 9.17) is 10.5 Å². The molecular weight excluding hydrogens is 506 g/mol. The molecule has 0 unspecified atom stereocenters. The molecule has 0 bridgehead atoms. The van der Waals surface area contributed by atoms with Gasteiger partial charge in [0.25, 0.3) is 0 Å². The number of hydrogen-bond acceptors (Lipinski definition) is 9. The van der Waals surface area contributed by atoms with E-state index in [1.54, 1.807) is 39.0 Å². The lowest BCUT2D eigenvalue weighted by molar-refractivity contribution is -0.142. The second kappa shape index (κ2) is 20.1. The first-order chi connectivity index (χ1) is 18.4. The molecule has 0 radical (unpaired) electrons. The Labute approximate surface area is 232 Å². The molecule has 0 fully saturated rings. The summed E-state index contributed by atoms with van der Waals surface area (Å²) < 4.78 is 14.6. The maximum Gasteiger partial charge on any atom is 0.330 e. The summed E-state index contributed by atoms with van der Waals surface area (Å²) in [6.07, 6.45) is 8.36. The van der Waals surface area contributed by atoms with Gasteiger partial charge in [-0.3, -0.25) is 14.4 Å². The van der Waals surface area contributed by atoms with Crippen molar-refractivity contribution in [3.8, 4) is 0 Å². The Hall–Kier alpha value is -2.82. The van der Waals surface area contributed by atoms with Crippen LogP contribution in [0.3, 0.4) is 0 Å². The van der Waals surface area contributed by atoms with Gasteiger partial charge in [-0.05, 0) is 44.1 Å². The number of ether oxygens (including phenoxy) is 3. The Morgan fingerprint density at radius 3 is 2.15 bits per heavy atom. The van der Waals surface area contributed by atoms with E-state index < -0.39 is 42.1 Å². The number of aliphatic hydroxyl groups excluding tert-OH is 2. The molecule has 10 nitrogen and oxygen atoms in total. The summed E-state index contributed by atoms with van der Waals surface area (Å²) in [4.78, 5) is 46.6. The van der Waals surface area contributed by atoms with E-state index in [-0.39, 0.29) is 36.9 Å². The summed E-state index contributed by atoms with van der Waals surface area (Å²) in [6.45, 7) is 5.16. The minimum atomic E-state index is -1.03. The van der Waals surface area contributed by atoms with Gasteiger partial charge in [-0.25, -0.2) is 4.79 Å². The molecule has 0 aliphatic carbocycles. The number of nitrogens with two attached hydrogens (primary N) is 1. The quantitative estimate of drug-likeness (QED) is 0.0890. The number of primary amides is 1. The van der Waals surface area contributed by atoms with Crippen LogP contribution in [0.15, 0.2) is 36.0 Å². The minimum absolute atomic E-state index is 0.0353. The molecule has 0 heterocycles. The molecule has 0 saturated heterocycles. The number of rotatable bonds is 20. The standard InChI is InChI=1S/C29H47NO9/c1-19(16-20(2)29(36)24(37-4)14-9-7-8-10-15-26(33)38-5)28(35)21(3)23(31)13-11-12-22(17-25(30)32)18-27(34)39-6/h9-10,14-16,20-22,24,28-29,35-36H,7-8,11-13,17-18H2,1-6H3,(H2,30,32)/b14-9+,15-10+,19-16-/t20-,21-,22+,24+,28+,29-/m1/s1. The van der Waals surface area contributed by atoms with Gasteiger partial charge in [0.05, 0.1) is 26.4 Å². The van der Waals surface area contributed by atoms with E-state index in [0.717, 1.165) is 0 Å². The molecule has 0 aromatic carbocycles. The molecule has 0 saturated carbocycles. The number of amides is 1. The predicted octanol–water partition coefficient (Wildman–Crippen LogP) is 2.80. The fraction of sp³-hybridized carbons (Fsp3) is 0.655. The maximum absolute atomic E-state index is 12.7. The summed E-state index contributed by atoms with van der Waals surface area (Å²) in [5.74, 6) is -2.85. The third-order valence-corrected chi connectivity index (χ3v) is 6.61. The molecule has 0 aromatic heterocycles. The monoisotopic (exact) mass is 553 g/mol. The lowest BCUT2D eigenvalue weighted by Gasteiger charge is -2.25. The number of carbonyl (C=O) groups is 4. The van der Waals surface area contributed by atoms with Gasteiger partial charge in [0, 0.05) is 44.3 Å². The first-order valence-electron chi connectivity index (χ1n) is 13.2. The minimum Gasteiger partial charge on any atom is -0.469 e. The van der Waals surface area contributed by atoms with Crippen LogP contribution in [-0.2, 0) is 33.4 Å². The van der Waals surface area contributed by atoms with Crippen molar-refractivity contribution in [2.24, 2.45) is 23.5 Å². The first-order valence-corrected chi connectivity index (χ1v) is 13.2. The van der Waals surface area contributed by atoms with Gasteiger partial charge in [-0.15, -0.1) is 0 Å². The lowest BCUT2D eigenvalue weighted by Crippen LogP contribution is -2.32. The summed E-state index contributed by atoms with van der Waals surface area (Å²) in [5, 5.41) is 21.5. The fourth-order valence-electron chi connectivity index (χ4n) is 4.16. The topological polar surface area (TPSA) is 162 Å². The number of unbranched alkanes of at least 4 members (excludes halogenated alkanes) is 1. The number of allylic oxidation sites excluding steroid dienone is 2. The zero-order valence-corrected chi connectivity index (χ0v) is 24.1. The van der Waals surface area contributed by atoms with Gasteiger partial charge < -0.3 is 30.2 Å². The van der Waals surface area contributed by atoms with Gasteiger partial charge in [-0.1, -0.05) is 38.2 Å². The van der Waals surface area contributed by atoms with Crippen molar-refractivity contribution in [1.29, 1.82) is 0 Å². The predicted molar refractivity (Wildman–Crippen MR) is 147 cm³/mol. The highest BCUT2D eigenvalue weighted by atomic mass is 16.5. The number of ketones is 1. The zero-order valence-electron chi connectivity index (χ0n) is 24.1. The van der Waals surface area contributed by atoms with Gasteiger partial charge in [0.1, 0.15) is 11.9 Å². The normalized spacial score (nSPS) is 16.9. The molecule has 0 aliphatic heterocycles. The second-order valence-corrected chi connectivity index (χ2v) is 9.80. The van der Waals surface area contributed by atoms with Crippen LogP contribution in [0.25, 0.3) is 0 Å². The van der Waals surface area contributed by atoms with Gasteiger partial charge >= 0.3 is 11.9 Å². The van der Waals surface area contributed by atoms with Crippen molar-refractivity contribution in [2.45, 2.75) is 84.0 Å². The molecule has 6 atom stereocenters. The molecule has 1 amide bonds. The molecule has 10 heteroatoms. The Bertz CT molecular complexity index is 865. The Kier molecular flexibility index (Phi) is 18.7. The second-order valence-electron chi connectivity index (χ2n) is 9.80. The number of aliphatic hydroxyl groups is 2. The van der Waals surface area contributed by atoms with Gasteiger partial charge in [0.15, 0.2) is 0 Å². The number of Topliss-reactive ketones (excluding diaryl/α,β-unsaturated/α-hetero) is 1. The van der Waals surface area contributed by atoms with Gasteiger partial charge in [0.2, 0.25) is 5.91 Å². The third-order valence-electron chi connectivity index (χ3n) is 6.61. The molecule has 0 aliphatic rings. The Morgan fingerprint density at radius 1 is 0.949 bits per heavy atom.